The number of aryl methyl sites for hydroxylation is 1. The maximum Gasteiger partial charge on any atom is 0.334 e. The van der Waals surface area contributed by atoms with Crippen molar-refractivity contribution in [3.63, 3.8) is 0 Å². The van der Waals surface area contributed by atoms with Crippen molar-refractivity contribution in [3.05, 3.63) is 41.9 Å². The monoisotopic (exact) mass is 233 g/mol. The minimum absolute atomic E-state index is 0.0948. The van der Waals surface area contributed by atoms with E-state index in [-0.39, 0.29) is 12.1 Å². The number of rotatable bonds is 4. The highest BCUT2D eigenvalue weighted by Gasteiger charge is 2.21. The molecule has 1 aliphatic heterocycles. The van der Waals surface area contributed by atoms with E-state index in [0.717, 1.165) is 18.4 Å². The van der Waals surface area contributed by atoms with Crippen molar-refractivity contribution in [2.45, 2.75) is 25.4 Å². The molecule has 4 nitrogen and oxygen atoms in total. The smallest absolute Gasteiger partial charge is 0.334 e. The topological polar surface area (TPSA) is 48.4 Å². The number of hydrogen-bond donors (Lipinski definition) is 0. The van der Waals surface area contributed by atoms with Crippen molar-refractivity contribution in [2.75, 3.05) is 7.11 Å². The maximum absolute atomic E-state index is 11.3. The Bertz CT molecular complexity index is 414. The molecule has 2 heterocycles. The lowest BCUT2D eigenvalue weighted by Crippen LogP contribution is -2.23. The highest BCUT2D eigenvalue weighted by atomic mass is 16.5. The molecule has 1 aliphatic rings. The second-order valence-electron chi connectivity index (χ2n) is 3.98. The second kappa shape index (κ2) is 5.48. The standard InChI is InChI=1S/C13H15NO3/c1-16-12-7-11(17-13(15)8-12)5-4-10-3-2-6-14-9-10/h2-3,6,8-9,11H,4-5,7H2,1H3/t11-/m0/s1. The van der Waals surface area contributed by atoms with Gasteiger partial charge in [-0.1, -0.05) is 6.07 Å². The Morgan fingerprint density at radius 2 is 2.47 bits per heavy atom. The van der Waals surface area contributed by atoms with E-state index in [0.29, 0.717) is 12.2 Å². The van der Waals surface area contributed by atoms with Gasteiger partial charge in [-0.05, 0) is 24.5 Å². The maximum atomic E-state index is 11.3. The third kappa shape index (κ3) is 3.31. The summed E-state index contributed by atoms with van der Waals surface area (Å²) >= 11 is 0. The third-order valence-electron chi connectivity index (χ3n) is 2.73. The molecular formula is C13H15NO3. The molecule has 2 rings (SSSR count). The molecule has 1 aromatic rings. The number of cyclic esters (lactones) is 1. The Morgan fingerprint density at radius 1 is 1.59 bits per heavy atom. The van der Waals surface area contributed by atoms with Crippen LogP contribution in [-0.2, 0) is 20.7 Å². The van der Waals surface area contributed by atoms with Gasteiger partial charge in [0.1, 0.15) is 11.9 Å². The molecule has 4 heteroatoms. The second-order valence-corrected chi connectivity index (χ2v) is 3.98. The van der Waals surface area contributed by atoms with Crippen LogP contribution in [0.15, 0.2) is 36.4 Å². The number of aromatic nitrogens is 1. The summed E-state index contributed by atoms with van der Waals surface area (Å²) in [6.07, 6.45) is 7.18. The van der Waals surface area contributed by atoms with Gasteiger partial charge in [0.15, 0.2) is 0 Å². The average Bonchev–Trinajstić information content (AvgIpc) is 2.37. The van der Waals surface area contributed by atoms with Crippen molar-refractivity contribution < 1.29 is 14.3 Å². The molecule has 0 bridgehead atoms. The lowest BCUT2D eigenvalue weighted by Gasteiger charge is -2.22. The average molecular weight is 233 g/mol. The minimum atomic E-state index is -0.315. The largest absolute Gasteiger partial charge is 0.501 e. The van der Waals surface area contributed by atoms with Gasteiger partial charge in [-0.15, -0.1) is 0 Å². The van der Waals surface area contributed by atoms with Crippen molar-refractivity contribution in [3.8, 4) is 0 Å². The zero-order valence-corrected chi connectivity index (χ0v) is 9.76. The van der Waals surface area contributed by atoms with E-state index in [1.807, 2.05) is 18.3 Å². The molecule has 0 unspecified atom stereocenters. The fourth-order valence-electron chi connectivity index (χ4n) is 1.83. The number of pyridine rings is 1. The zero-order valence-electron chi connectivity index (χ0n) is 9.76. The van der Waals surface area contributed by atoms with Gasteiger partial charge in [0.25, 0.3) is 0 Å². The summed E-state index contributed by atoms with van der Waals surface area (Å²) in [5, 5.41) is 0. The number of ether oxygens (including phenoxy) is 2. The molecule has 1 aromatic heterocycles. The molecule has 0 saturated carbocycles. The number of esters is 1. The first-order valence-electron chi connectivity index (χ1n) is 5.62. The molecule has 1 atom stereocenters. The third-order valence-corrected chi connectivity index (χ3v) is 2.73. The first kappa shape index (κ1) is 11.6. The fraction of sp³-hybridized carbons (Fsp3) is 0.385. The summed E-state index contributed by atoms with van der Waals surface area (Å²) in [7, 11) is 1.57. The van der Waals surface area contributed by atoms with E-state index in [1.54, 1.807) is 13.3 Å². The SMILES string of the molecule is COC1=CC(=O)O[C@@H](CCc2cccnc2)C1. The van der Waals surface area contributed by atoms with Crippen molar-refractivity contribution in [1.82, 2.24) is 4.98 Å². The van der Waals surface area contributed by atoms with Crippen LogP contribution in [0.5, 0.6) is 0 Å². The predicted octanol–water partition coefficient (Wildman–Crippen LogP) is 1.86. The summed E-state index contributed by atoms with van der Waals surface area (Å²) in [5.74, 6) is 0.377. The molecule has 0 saturated heterocycles. The Kier molecular flexibility index (Phi) is 3.75. The van der Waals surface area contributed by atoms with Crippen molar-refractivity contribution in [1.29, 1.82) is 0 Å². The number of carbonyl (C=O) groups excluding carboxylic acids is 1. The summed E-state index contributed by atoms with van der Waals surface area (Å²) < 4.78 is 10.3. The first-order valence-corrected chi connectivity index (χ1v) is 5.62. The lowest BCUT2D eigenvalue weighted by molar-refractivity contribution is -0.145. The highest BCUT2D eigenvalue weighted by Crippen LogP contribution is 2.20. The van der Waals surface area contributed by atoms with Crippen molar-refractivity contribution >= 4 is 5.97 Å². The summed E-state index contributed by atoms with van der Waals surface area (Å²) in [5.41, 5.74) is 1.15. The van der Waals surface area contributed by atoms with Crippen molar-refractivity contribution in [2.24, 2.45) is 0 Å². The number of carbonyl (C=O) groups is 1. The highest BCUT2D eigenvalue weighted by molar-refractivity contribution is 5.83. The van der Waals surface area contributed by atoms with E-state index in [9.17, 15) is 4.79 Å². The van der Waals surface area contributed by atoms with Gasteiger partial charge < -0.3 is 9.47 Å². The van der Waals surface area contributed by atoms with Gasteiger partial charge in [0, 0.05) is 18.8 Å². The molecule has 0 spiro atoms. The van der Waals surface area contributed by atoms with Crippen LogP contribution in [0.1, 0.15) is 18.4 Å². The van der Waals surface area contributed by atoms with E-state index >= 15 is 0 Å². The molecular weight excluding hydrogens is 218 g/mol. The van der Waals surface area contributed by atoms with Crippen LogP contribution in [0.4, 0.5) is 0 Å². The first-order chi connectivity index (χ1) is 8.28. The van der Waals surface area contributed by atoms with Gasteiger partial charge in [-0.25, -0.2) is 4.79 Å². The van der Waals surface area contributed by atoms with Crippen LogP contribution in [0.2, 0.25) is 0 Å². The summed E-state index contributed by atoms with van der Waals surface area (Å²) in [6, 6.07) is 3.92. The quantitative estimate of drug-likeness (QED) is 0.745. The molecule has 17 heavy (non-hydrogen) atoms. The Morgan fingerprint density at radius 3 is 3.18 bits per heavy atom. The Labute approximate surface area is 100 Å². The van der Waals surface area contributed by atoms with Gasteiger partial charge >= 0.3 is 5.97 Å². The molecule has 0 radical (unpaired) electrons. The van der Waals surface area contributed by atoms with E-state index in [2.05, 4.69) is 4.98 Å². The van der Waals surface area contributed by atoms with Gasteiger partial charge in [0.05, 0.1) is 13.2 Å². The summed E-state index contributed by atoms with van der Waals surface area (Å²) in [6.45, 7) is 0. The predicted molar refractivity (Wildman–Crippen MR) is 62.1 cm³/mol. The fourth-order valence-corrected chi connectivity index (χ4v) is 1.83. The zero-order chi connectivity index (χ0) is 12.1. The van der Waals surface area contributed by atoms with Crippen LogP contribution in [0.3, 0.4) is 0 Å². The van der Waals surface area contributed by atoms with Crippen LogP contribution < -0.4 is 0 Å². The van der Waals surface area contributed by atoms with E-state index in [4.69, 9.17) is 9.47 Å². The van der Waals surface area contributed by atoms with Gasteiger partial charge in [0.2, 0.25) is 0 Å². The Hall–Kier alpha value is -1.84. The van der Waals surface area contributed by atoms with Gasteiger partial charge in [-0.2, -0.15) is 0 Å². The normalized spacial score (nSPS) is 19.5. The van der Waals surface area contributed by atoms with Crippen LogP contribution in [0.25, 0.3) is 0 Å². The minimum Gasteiger partial charge on any atom is -0.501 e. The molecule has 90 valence electrons. The number of methoxy groups -OCH3 is 1. The van der Waals surface area contributed by atoms with Crippen LogP contribution in [-0.4, -0.2) is 24.2 Å². The molecule has 0 amide bonds. The van der Waals surface area contributed by atoms with Gasteiger partial charge in [-0.3, -0.25) is 4.98 Å². The molecule has 0 aliphatic carbocycles. The molecule has 0 fully saturated rings. The van der Waals surface area contributed by atoms with E-state index < -0.39 is 0 Å². The molecule has 0 aromatic carbocycles. The number of hydrogen-bond acceptors (Lipinski definition) is 4. The lowest BCUT2D eigenvalue weighted by atomic mass is 10.0. The van der Waals surface area contributed by atoms with Crippen LogP contribution in [0, 0.1) is 0 Å². The number of nitrogens with zero attached hydrogens (tertiary/aromatic N) is 1. The summed E-state index contributed by atoms with van der Waals surface area (Å²) in [4.78, 5) is 15.3. The Balaban J connectivity index is 1.88. The molecule has 0 N–H and O–H groups in total. The van der Waals surface area contributed by atoms with Crippen LogP contribution >= 0.6 is 0 Å². The van der Waals surface area contributed by atoms with E-state index in [1.165, 1.54) is 6.08 Å².